The summed E-state index contributed by atoms with van der Waals surface area (Å²) in [6.07, 6.45) is 5.21. The van der Waals surface area contributed by atoms with E-state index in [0.717, 1.165) is 11.7 Å². The third kappa shape index (κ3) is 3.38. The predicted octanol–water partition coefficient (Wildman–Crippen LogP) is 4.39. The first kappa shape index (κ1) is 14.0. The second kappa shape index (κ2) is 5.80. The number of hydrogen-bond donors (Lipinski definition) is 1. The van der Waals surface area contributed by atoms with Crippen LogP contribution in [0.5, 0.6) is 0 Å². The molecule has 0 radical (unpaired) electrons. The van der Waals surface area contributed by atoms with Gasteiger partial charge in [-0.25, -0.2) is 0 Å². The molecule has 0 saturated heterocycles. The fraction of sp³-hybridized carbons (Fsp3) is 0.588. The third-order valence-corrected chi connectivity index (χ3v) is 5.67. The molecule has 1 fully saturated rings. The molecule has 1 atom stereocenters. The maximum Gasteiger partial charge on any atom is 0.157 e. The Morgan fingerprint density at radius 1 is 1.15 bits per heavy atom. The van der Waals surface area contributed by atoms with E-state index >= 15 is 0 Å². The normalized spacial score (nSPS) is 26.3. The van der Waals surface area contributed by atoms with Crippen molar-refractivity contribution in [2.24, 2.45) is 10.4 Å². The first-order valence-electron chi connectivity index (χ1n) is 7.65. The number of amidine groups is 1. The summed E-state index contributed by atoms with van der Waals surface area (Å²) in [4.78, 5) is 4.69. The van der Waals surface area contributed by atoms with Gasteiger partial charge in [-0.2, -0.15) is 0 Å². The average Bonchev–Trinajstić information content (AvgIpc) is 2.91. The van der Waals surface area contributed by atoms with Gasteiger partial charge in [0.25, 0.3) is 0 Å². The van der Waals surface area contributed by atoms with E-state index in [-0.39, 0.29) is 0 Å². The van der Waals surface area contributed by atoms with Crippen LogP contribution < -0.4 is 5.32 Å². The van der Waals surface area contributed by atoms with Gasteiger partial charge in [0, 0.05) is 6.04 Å². The molecule has 1 aliphatic heterocycles. The zero-order valence-electron chi connectivity index (χ0n) is 12.4. The number of hydrogen-bond acceptors (Lipinski definition) is 3. The van der Waals surface area contributed by atoms with Gasteiger partial charge in [-0.1, -0.05) is 55.9 Å². The number of rotatable bonds is 2. The first-order valence-corrected chi connectivity index (χ1v) is 8.53. The van der Waals surface area contributed by atoms with Crippen LogP contribution in [-0.4, -0.2) is 17.8 Å². The van der Waals surface area contributed by atoms with Crippen LogP contribution in [0.3, 0.4) is 0 Å². The molecule has 3 heteroatoms. The van der Waals surface area contributed by atoms with Crippen LogP contribution >= 0.6 is 11.8 Å². The van der Waals surface area contributed by atoms with Gasteiger partial charge in [0.2, 0.25) is 0 Å². The van der Waals surface area contributed by atoms with Crippen molar-refractivity contribution in [2.45, 2.75) is 50.8 Å². The topological polar surface area (TPSA) is 24.4 Å². The highest BCUT2D eigenvalue weighted by molar-refractivity contribution is 8.14. The van der Waals surface area contributed by atoms with Crippen LogP contribution in [0.2, 0.25) is 0 Å². The summed E-state index contributed by atoms with van der Waals surface area (Å²) in [7, 11) is 0. The lowest BCUT2D eigenvalue weighted by atomic mass is 9.76. The van der Waals surface area contributed by atoms with Gasteiger partial charge in [0.15, 0.2) is 5.17 Å². The number of nitrogens with zero attached hydrogens (tertiary/aromatic N) is 1. The zero-order valence-corrected chi connectivity index (χ0v) is 13.2. The first-order chi connectivity index (χ1) is 9.62. The Labute approximate surface area is 126 Å². The van der Waals surface area contributed by atoms with Crippen molar-refractivity contribution >= 4 is 16.9 Å². The van der Waals surface area contributed by atoms with Crippen LogP contribution in [0.1, 0.15) is 50.3 Å². The molecule has 0 spiro atoms. The van der Waals surface area contributed by atoms with Crippen LogP contribution in [0, 0.1) is 5.41 Å². The van der Waals surface area contributed by atoms with Crippen molar-refractivity contribution in [1.29, 1.82) is 0 Å². The maximum absolute atomic E-state index is 4.69. The third-order valence-electron chi connectivity index (χ3n) is 4.49. The lowest BCUT2D eigenvalue weighted by Gasteiger charge is -2.34. The molecule has 20 heavy (non-hydrogen) atoms. The van der Waals surface area contributed by atoms with Crippen LogP contribution in [0.15, 0.2) is 35.3 Å². The van der Waals surface area contributed by atoms with Gasteiger partial charge in [0.1, 0.15) is 0 Å². The summed E-state index contributed by atoms with van der Waals surface area (Å²) >= 11 is 1.90. The Morgan fingerprint density at radius 2 is 1.85 bits per heavy atom. The minimum absolute atomic E-state index is 0.499. The number of benzene rings is 1. The summed E-state index contributed by atoms with van der Waals surface area (Å²) in [5, 5.41) is 5.32. The molecule has 1 aliphatic carbocycles. The van der Waals surface area contributed by atoms with E-state index in [1.807, 2.05) is 11.8 Å². The van der Waals surface area contributed by atoms with Crippen molar-refractivity contribution < 1.29 is 0 Å². The largest absolute Gasteiger partial charge is 0.362 e. The average molecular weight is 288 g/mol. The summed E-state index contributed by atoms with van der Waals surface area (Å²) in [5.74, 6) is 0. The van der Waals surface area contributed by atoms with Gasteiger partial charge < -0.3 is 5.32 Å². The van der Waals surface area contributed by atoms with E-state index < -0.39 is 0 Å². The molecular formula is C17H24N2S. The summed E-state index contributed by atoms with van der Waals surface area (Å²) in [6, 6.07) is 11.4. The van der Waals surface area contributed by atoms with Crippen molar-refractivity contribution in [3.8, 4) is 0 Å². The molecule has 0 aromatic heterocycles. The SMILES string of the molecule is CC1(C)CCC(NC2=NCC(c3ccccc3)S2)CC1. The molecule has 0 bridgehead atoms. The molecule has 2 nitrogen and oxygen atoms in total. The Balaban J connectivity index is 1.51. The van der Waals surface area contributed by atoms with E-state index in [4.69, 9.17) is 4.99 Å². The molecule has 3 rings (SSSR count). The highest BCUT2D eigenvalue weighted by Crippen LogP contribution is 2.37. The molecule has 108 valence electrons. The molecule has 1 heterocycles. The smallest absolute Gasteiger partial charge is 0.157 e. The fourth-order valence-electron chi connectivity index (χ4n) is 3.01. The number of aliphatic imine (C=N–C) groups is 1. The number of thioether (sulfide) groups is 1. The highest BCUT2D eigenvalue weighted by Gasteiger charge is 2.29. The molecule has 2 aliphatic rings. The minimum atomic E-state index is 0.499. The van der Waals surface area contributed by atoms with Crippen molar-refractivity contribution in [3.63, 3.8) is 0 Å². The van der Waals surface area contributed by atoms with Crippen molar-refractivity contribution in [1.82, 2.24) is 5.32 Å². The van der Waals surface area contributed by atoms with Crippen molar-refractivity contribution in [3.05, 3.63) is 35.9 Å². The Kier molecular flexibility index (Phi) is 4.06. The van der Waals surface area contributed by atoms with Gasteiger partial charge in [-0.05, 0) is 36.7 Å². The Morgan fingerprint density at radius 3 is 2.55 bits per heavy atom. The summed E-state index contributed by atoms with van der Waals surface area (Å²) < 4.78 is 0. The van der Waals surface area contributed by atoms with E-state index in [1.165, 1.54) is 31.2 Å². The molecule has 1 N–H and O–H groups in total. The Hall–Kier alpha value is -0.960. The van der Waals surface area contributed by atoms with E-state index in [0.29, 0.717) is 16.7 Å². The second-order valence-corrected chi connectivity index (χ2v) is 7.94. The molecule has 0 amide bonds. The molecular weight excluding hydrogens is 264 g/mol. The standard InChI is InChI=1S/C17H24N2S/c1-17(2)10-8-14(9-11-17)19-16-18-12-15(20-16)13-6-4-3-5-7-13/h3-7,14-15H,8-12H2,1-2H3,(H,18,19). The fourth-order valence-corrected chi connectivity index (χ4v) is 4.11. The molecule has 1 saturated carbocycles. The second-order valence-electron chi connectivity index (χ2n) is 6.75. The quantitative estimate of drug-likeness (QED) is 0.873. The highest BCUT2D eigenvalue weighted by atomic mass is 32.2. The van der Waals surface area contributed by atoms with Gasteiger partial charge in [-0.15, -0.1) is 0 Å². The van der Waals surface area contributed by atoms with E-state index in [2.05, 4.69) is 49.5 Å². The van der Waals surface area contributed by atoms with Gasteiger partial charge >= 0.3 is 0 Å². The molecule has 1 unspecified atom stereocenters. The minimum Gasteiger partial charge on any atom is -0.362 e. The lowest BCUT2D eigenvalue weighted by molar-refractivity contribution is 0.217. The van der Waals surface area contributed by atoms with E-state index in [1.54, 1.807) is 0 Å². The monoisotopic (exact) mass is 288 g/mol. The summed E-state index contributed by atoms with van der Waals surface area (Å²) in [6.45, 7) is 5.68. The zero-order chi connectivity index (χ0) is 14.0. The van der Waals surface area contributed by atoms with Crippen LogP contribution in [0.4, 0.5) is 0 Å². The lowest BCUT2D eigenvalue weighted by Crippen LogP contribution is -2.37. The summed E-state index contributed by atoms with van der Waals surface area (Å²) in [5.41, 5.74) is 1.93. The van der Waals surface area contributed by atoms with Crippen LogP contribution in [-0.2, 0) is 0 Å². The maximum atomic E-state index is 4.69. The predicted molar refractivity (Wildman–Crippen MR) is 88.2 cm³/mol. The Bertz CT molecular complexity index is 471. The van der Waals surface area contributed by atoms with Crippen molar-refractivity contribution in [2.75, 3.05) is 6.54 Å². The van der Waals surface area contributed by atoms with E-state index in [9.17, 15) is 0 Å². The van der Waals surface area contributed by atoms with Crippen LogP contribution in [0.25, 0.3) is 0 Å². The van der Waals surface area contributed by atoms with Gasteiger partial charge in [0.05, 0.1) is 11.8 Å². The molecule has 1 aromatic carbocycles. The number of nitrogens with one attached hydrogen (secondary N) is 1. The van der Waals surface area contributed by atoms with Gasteiger partial charge in [-0.3, -0.25) is 4.99 Å². The molecule has 1 aromatic rings.